The standard InChI is InChI=1S/C8H6F2N4O2/c9-7(10)6-1-4(2-11)5(3-12)8(13-6)14(15)16/h1,7H,2,11H2. The number of halogens is 2. The van der Waals surface area contributed by atoms with Gasteiger partial charge in [-0.05, 0) is 21.5 Å². The number of hydrogen-bond acceptors (Lipinski definition) is 5. The average Bonchev–Trinajstić information content (AvgIpc) is 2.26. The fourth-order valence-electron chi connectivity index (χ4n) is 1.13. The lowest BCUT2D eigenvalue weighted by atomic mass is 10.1. The lowest BCUT2D eigenvalue weighted by Crippen LogP contribution is -2.07. The van der Waals surface area contributed by atoms with Gasteiger partial charge in [0.05, 0.1) is 0 Å². The smallest absolute Gasteiger partial charge is 0.358 e. The zero-order valence-electron chi connectivity index (χ0n) is 7.85. The quantitative estimate of drug-likeness (QED) is 0.619. The second kappa shape index (κ2) is 4.59. The van der Waals surface area contributed by atoms with Crippen LogP contribution < -0.4 is 5.73 Å². The third kappa shape index (κ3) is 2.09. The van der Waals surface area contributed by atoms with Crippen LogP contribution in [-0.4, -0.2) is 9.91 Å². The summed E-state index contributed by atoms with van der Waals surface area (Å²) in [6, 6.07) is 2.43. The Kier molecular flexibility index (Phi) is 3.42. The van der Waals surface area contributed by atoms with E-state index < -0.39 is 22.9 Å². The molecule has 8 heteroatoms. The van der Waals surface area contributed by atoms with E-state index in [2.05, 4.69) is 4.98 Å². The van der Waals surface area contributed by atoms with Gasteiger partial charge in [0.2, 0.25) is 5.69 Å². The van der Waals surface area contributed by atoms with E-state index in [0.717, 1.165) is 6.07 Å². The van der Waals surface area contributed by atoms with Crippen LogP contribution in [0, 0.1) is 21.4 Å². The maximum absolute atomic E-state index is 12.4. The van der Waals surface area contributed by atoms with Gasteiger partial charge in [0.1, 0.15) is 6.07 Å². The number of pyridine rings is 1. The molecule has 0 aliphatic carbocycles. The number of nitriles is 1. The third-order valence-corrected chi connectivity index (χ3v) is 1.83. The fraction of sp³-hybridized carbons (Fsp3) is 0.250. The lowest BCUT2D eigenvalue weighted by molar-refractivity contribution is -0.390. The Morgan fingerprint density at radius 2 is 2.31 bits per heavy atom. The van der Waals surface area contributed by atoms with Crippen LogP contribution in [0.4, 0.5) is 14.6 Å². The van der Waals surface area contributed by atoms with Crippen molar-refractivity contribution in [2.45, 2.75) is 13.0 Å². The van der Waals surface area contributed by atoms with E-state index >= 15 is 0 Å². The molecule has 0 saturated carbocycles. The highest BCUT2D eigenvalue weighted by Crippen LogP contribution is 2.25. The molecule has 0 aliphatic heterocycles. The Hall–Kier alpha value is -2.14. The van der Waals surface area contributed by atoms with Crippen molar-refractivity contribution in [2.24, 2.45) is 5.73 Å². The second-order valence-corrected chi connectivity index (χ2v) is 2.78. The summed E-state index contributed by atoms with van der Waals surface area (Å²) in [5.74, 6) is -0.888. The molecule has 1 rings (SSSR count). The number of aromatic nitrogens is 1. The topological polar surface area (TPSA) is 106 Å². The minimum atomic E-state index is -2.95. The van der Waals surface area contributed by atoms with Crippen molar-refractivity contribution in [2.75, 3.05) is 0 Å². The molecule has 0 radical (unpaired) electrons. The molecular formula is C8H6F2N4O2. The van der Waals surface area contributed by atoms with Crippen LogP contribution >= 0.6 is 0 Å². The second-order valence-electron chi connectivity index (χ2n) is 2.78. The molecule has 0 spiro atoms. The van der Waals surface area contributed by atoms with Crippen molar-refractivity contribution in [1.29, 1.82) is 5.26 Å². The van der Waals surface area contributed by atoms with Gasteiger partial charge in [-0.3, -0.25) is 0 Å². The number of nitrogens with zero attached hydrogens (tertiary/aromatic N) is 3. The molecule has 0 atom stereocenters. The van der Waals surface area contributed by atoms with Crippen molar-refractivity contribution < 1.29 is 13.7 Å². The summed E-state index contributed by atoms with van der Waals surface area (Å²) in [7, 11) is 0. The fourth-order valence-corrected chi connectivity index (χ4v) is 1.13. The molecule has 0 fully saturated rings. The van der Waals surface area contributed by atoms with Gasteiger partial charge in [0.15, 0.2) is 5.56 Å². The predicted molar refractivity (Wildman–Crippen MR) is 48.5 cm³/mol. The summed E-state index contributed by atoms with van der Waals surface area (Å²) in [4.78, 5) is 12.7. The van der Waals surface area contributed by atoms with Crippen molar-refractivity contribution in [1.82, 2.24) is 4.98 Å². The highest BCUT2D eigenvalue weighted by Gasteiger charge is 2.25. The summed E-state index contributed by atoms with van der Waals surface area (Å²) in [5, 5.41) is 19.2. The Bertz CT molecular complexity index is 470. The van der Waals surface area contributed by atoms with Crippen molar-refractivity contribution in [3.63, 3.8) is 0 Å². The van der Waals surface area contributed by atoms with Crippen LogP contribution in [0.5, 0.6) is 0 Å². The molecule has 0 aromatic carbocycles. The van der Waals surface area contributed by atoms with Crippen LogP contribution in [0.2, 0.25) is 0 Å². The number of rotatable bonds is 3. The highest BCUT2D eigenvalue weighted by molar-refractivity contribution is 5.50. The van der Waals surface area contributed by atoms with E-state index in [9.17, 15) is 18.9 Å². The van der Waals surface area contributed by atoms with Crippen LogP contribution in [0.1, 0.15) is 23.2 Å². The van der Waals surface area contributed by atoms with E-state index in [4.69, 9.17) is 11.0 Å². The third-order valence-electron chi connectivity index (χ3n) is 1.83. The molecule has 6 nitrogen and oxygen atoms in total. The molecule has 16 heavy (non-hydrogen) atoms. The summed E-state index contributed by atoms with van der Waals surface area (Å²) in [6.07, 6.45) is -2.95. The zero-order chi connectivity index (χ0) is 12.3. The van der Waals surface area contributed by atoms with Gasteiger partial charge in [-0.15, -0.1) is 0 Å². The first-order valence-corrected chi connectivity index (χ1v) is 4.07. The predicted octanol–water partition coefficient (Wildman–Crippen LogP) is 1.26. The SMILES string of the molecule is N#Cc1c(CN)cc(C(F)F)nc1[N+](=O)[O-]. The molecule has 1 aromatic heterocycles. The first-order valence-electron chi connectivity index (χ1n) is 4.07. The molecule has 84 valence electrons. The maximum atomic E-state index is 12.4. The van der Waals surface area contributed by atoms with Crippen LogP contribution in [0.15, 0.2) is 6.07 Å². The number of hydrogen-bond donors (Lipinski definition) is 1. The summed E-state index contributed by atoms with van der Waals surface area (Å²) >= 11 is 0. The van der Waals surface area contributed by atoms with E-state index in [1.165, 1.54) is 6.07 Å². The highest BCUT2D eigenvalue weighted by atomic mass is 19.3. The molecule has 0 unspecified atom stereocenters. The molecule has 0 saturated heterocycles. The first-order chi connectivity index (χ1) is 7.51. The Morgan fingerprint density at radius 1 is 1.69 bits per heavy atom. The van der Waals surface area contributed by atoms with Crippen molar-refractivity contribution in [3.8, 4) is 6.07 Å². The van der Waals surface area contributed by atoms with Gasteiger partial charge in [-0.2, -0.15) is 5.26 Å². The summed E-state index contributed by atoms with van der Waals surface area (Å²) in [5.41, 5.74) is 4.07. The monoisotopic (exact) mass is 228 g/mol. The van der Waals surface area contributed by atoms with Crippen LogP contribution in [0.3, 0.4) is 0 Å². The van der Waals surface area contributed by atoms with E-state index in [1.807, 2.05) is 0 Å². The number of alkyl halides is 2. The van der Waals surface area contributed by atoms with Crippen molar-refractivity contribution >= 4 is 5.82 Å². The molecule has 1 heterocycles. The first kappa shape index (κ1) is 11.9. The van der Waals surface area contributed by atoms with E-state index in [0.29, 0.717) is 0 Å². The minimum Gasteiger partial charge on any atom is -0.358 e. The summed E-state index contributed by atoms with van der Waals surface area (Å²) < 4.78 is 24.7. The van der Waals surface area contributed by atoms with Gasteiger partial charge in [0.25, 0.3) is 0 Å². The molecule has 0 bridgehead atoms. The Labute approximate surface area is 88.5 Å². The molecule has 0 amide bonds. The molecular weight excluding hydrogens is 222 g/mol. The van der Waals surface area contributed by atoms with Gasteiger partial charge in [-0.25, -0.2) is 8.78 Å². The van der Waals surface area contributed by atoms with E-state index in [-0.39, 0.29) is 17.7 Å². The zero-order valence-corrected chi connectivity index (χ0v) is 7.85. The molecule has 2 N–H and O–H groups in total. The number of nitrogens with two attached hydrogens (primary N) is 1. The lowest BCUT2D eigenvalue weighted by Gasteiger charge is -2.03. The van der Waals surface area contributed by atoms with Crippen molar-refractivity contribution in [3.05, 3.63) is 33.0 Å². The van der Waals surface area contributed by atoms with Gasteiger partial charge < -0.3 is 15.8 Å². The largest absolute Gasteiger partial charge is 0.382 e. The van der Waals surface area contributed by atoms with Crippen LogP contribution in [-0.2, 0) is 6.54 Å². The summed E-state index contributed by atoms with van der Waals surface area (Å²) in [6.45, 7) is -0.244. The Morgan fingerprint density at radius 3 is 2.69 bits per heavy atom. The minimum absolute atomic E-state index is 0.0144. The van der Waals surface area contributed by atoms with Gasteiger partial charge in [-0.1, -0.05) is 0 Å². The molecule has 1 aromatic rings. The Balaban J connectivity index is 3.51. The number of nitro groups is 1. The maximum Gasteiger partial charge on any atom is 0.382 e. The molecule has 0 aliphatic rings. The normalized spacial score (nSPS) is 10.2. The van der Waals surface area contributed by atoms with Crippen LogP contribution in [0.25, 0.3) is 0 Å². The average molecular weight is 228 g/mol. The van der Waals surface area contributed by atoms with E-state index in [1.54, 1.807) is 0 Å². The van der Waals surface area contributed by atoms with Gasteiger partial charge in [0, 0.05) is 6.54 Å². The van der Waals surface area contributed by atoms with Gasteiger partial charge >= 0.3 is 12.2 Å².